The molecule has 0 spiro atoms. The highest BCUT2D eigenvalue weighted by Crippen LogP contribution is 2.19. The van der Waals surface area contributed by atoms with Gasteiger partial charge in [0.2, 0.25) is 5.91 Å². The first kappa shape index (κ1) is 19.2. The van der Waals surface area contributed by atoms with E-state index in [9.17, 15) is 14.0 Å². The molecule has 2 aromatic carbocycles. The van der Waals surface area contributed by atoms with Gasteiger partial charge in [0.1, 0.15) is 5.75 Å². The van der Waals surface area contributed by atoms with Crippen LogP contribution < -0.4 is 14.8 Å². The molecule has 0 aliphatic rings. The molecule has 0 aromatic heterocycles. The van der Waals surface area contributed by atoms with E-state index in [1.165, 1.54) is 19.2 Å². The third kappa shape index (κ3) is 5.47. The smallest absolute Gasteiger partial charge is 0.341 e. The normalized spacial score (nSPS) is 11.5. The molecule has 0 aliphatic carbocycles. The van der Waals surface area contributed by atoms with E-state index in [2.05, 4.69) is 5.32 Å². The van der Waals surface area contributed by atoms with Crippen LogP contribution in [0.3, 0.4) is 0 Å². The Bertz CT molecular complexity index is 776. The number of carboxylic acids is 1. The van der Waals surface area contributed by atoms with Gasteiger partial charge in [0.15, 0.2) is 18.2 Å². The first-order chi connectivity index (χ1) is 12.4. The predicted octanol–water partition coefficient (Wildman–Crippen LogP) is 2.72. The van der Waals surface area contributed by atoms with Crippen LogP contribution >= 0.6 is 0 Å². The highest BCUT2D eigenvalue weighted by atomic mass is 19.1. The Kier molecular flexibility index (Phi) is 6.54. The van der Waals surface area contributed by atoms with Gasteiger partial charge >= 0.3 is 5.97 Å². The molecule has 0 aliphatic heterocycles. The molecular weight excluding hydrogens is 341 g/mol. The standard InChI is InChI=1S/C19H20FNO5/c1-12(14-4-6-15(7-5-14)26-11-19(23)24)21-18(22)10-13-3-8-17(25-2)16(20)9-13/h3-9,12H,10-11H2,1-2H3,(H,21,22)(H,23,24). The summed E-state index contributed by atoms with van der Waals surface area (Å²) in [5, 5.41) is 11.4. The quantitative estimate of drug-likeness (QED) is 0.755. The molecule has 0 heterocycles. The number of carbonyl (C=O) groups is 2. The number of ether oxygens (including phenoxy) is 2. The molecule has 0 bridgehead atoms. The van der Waals surface area contributed by atoms with Gasteiger partial charge < -0.3 is 19.9 Å². The van der Waals surface area contributed by atoms with Crippen LogP contribution in [0, 0.1) is 5.82 Å². The van der Waals surface area contributed by atoms with Crippen molar-refractivity contribution in [1.29, 1.82) is 0 Å². The Morgan fingerprint density at radius 1 is 1.19 bits per heavy atom. The summed E-state index contributed by atoms with van der Waals surface area (Å²) in [6.45, 7) is 1.41. The second-order valence-corrected chi connectivity index (χ2v) is 5.69. The summed E-state index contributed by atoms with van der Waals surface area (Å²) in [4.78, 5) is 22.6. The zero-order valence-corrected chi connectivity index (χ0v) is 14.5. The molecule has 138 valence electrons. The second kappa shape index (κ2) is 8.84. The van der Waals surface area contributed by atoms with Gasteiger partial charge in [-0.15, -0.1) is 0 Å². The van der Waals surface area contributed by atoms with Crippen molar-refractivity contribution in [3.8, 4) is 11.5 Å². The highest BCUT2D eigenvalue weighted by Gasteiger charge is 2.12. The van der Waals surface area contributed by atoms with Gasteiger partial charge in [-0.3, -0.25) is 4.79 Å². The van der Waals surface area contributed by atoms with Crippen LogP contribution in [0.5, 0.6) is 11.5 Å². The monoisotopic (exact) mass is 361 g/mol. The average molecular weight is 361 g/mol. The minimum absolute atomic E-state index is 0.0467. The van der Waals surface area contributed by atoms with E-state index >= 15 is 0 Å². The molecule has 26 heavy (non-hydrogen) atoms. The molecule has 1 unspecified atom stereocenters. The van der Waals surface area contributed by atoms with E-state index in [1.54, 1.807) is 30.3 Å². The summed E-state index contributed by atoms with van der Waals surface area (Å²) in [7, 11) is 1.38. The molecule has 0 fully saturated rings. The van der Waals surface area contributed by atoms with Gasteiger partial charge in [-0.25, -0.2) is 9.18 Å². The summed E-state index contributed by atoms with van der Waals surface area (Å²) < 4.78 is 23.6. The molecule has 1 amide bonds. The minimum atomic E-state index is -1.05. The van der Waals surface area contributed by atoms with Gasteiger partial charge in [0.25, 0.3) is 0 Å². The first-order valence-electron chi connectivity index (χ1n) is 7.95. The molecule has 0 saturated heterocycles. The molecule has 7 heteroatoms. The first-order valence-corrected chi connectivity index (χ1v) is 7.95. The Hall–Kier alpha value is -3.09. The summed E-state index contributed by atoms with van der Waals surface area (Å²) in [6, 6.07) is 10.9. The lowest BCUT2D eigenvalue weighted by Gasteiger charge is -2.15. The second-order valence-electron chi connectivity index (χ2n) is 5.69. The fraction of sp³-hybridized carbons (Fsp3) is 0.263. The van der Waals surface area contributed by atoms with Crippen LogP contribution in [0.2, 0.25) is 0 Å². The number of hydrogen-bond acceptors (Lipinski definition) is 4. The van der Waals surface area contributed by atoms with Crippen LogP contribution in [-0.2, 0) is 16.0 Å². The summed E-state index contributed by atoms with van der Waals surface area (Å²) in [5.41, 5.74) is 1.38. The van der Waals surface area contributed by atoms with E-state index in [0.29, 0.717) is 11.3 Å². The van der Waals surface area contributed by atoms with Crippen molar-refractivity contribution in [2.45, 2.75) is 19.4 Å². The van der Waals surface area contributed by atoms with Crippen LogP contribution in [0.4, 0.5) is 4.39 Å². The molecule has 0 saturated carbocycles. The maximum absolute atomic E-state index is 13.7. The van der Waals surface area contributed by atoms with Crippen molar-refractivity contribution in [3.05, 3.63) is 59.4 Å². The number of carbonyl (C=O) groups excluding carboxylic acids is 1. The fourth-order valence-corrected chi connectivity index (χ4v) is 2.38. The van der Waals surface area contributed by atoms with Gasteiger partial charge in [0, 0.05) is 0 Å². The van der Waals surface area contributed by atoms with Gasteiger partial charge in [-0.2, -0.15) is 0 Å². The molecule has 0 radical (unpaired) electrons. The number of benzene rings is 2. The van der Waals surface area contributed by atoms with E-state index in [1.807, 2.05) is 6.92 Å². The van der Waals surface area contributed by atoms with Crippen LogP contribution in [0.1, 0.15) is 24.1 Å². The topological polar surface area (TPSA) is 84.9 Å². The van der Waals surface area contributed by atoms with Crippen molar-refractivity contribution in [2.75, 3.05) is 13.7 Å². The van der Waals surface area contributed by atoms with Gasteiger partial charge in [0.05, 0.1) is 19.6 Å². The van der Waals surface area contributed by atoms with Gasteiger partial charge in [-0.1, -0.05) is 18.2 Å². The molecular formula is C19H20FNO5. The zero-order valence-electron chi connectivity index (χ0n) is 14.5. The van der Waals surface area contributed by atoms with Crippen molar-refractivity contribution in [1.82, 2.24) is 5.32 Å². The third-order valence-corrected chi connectivity index (χ3v) is 3.70. The number of halogens is 1. The van der Waals surface area contributed by atoms with Crippen LogP contribution in [-0.4, -0.2) is 30.7 Å². The molecule has 1 atom stereocenters. The Morgan fingerprint density at radius 3 is 2.46 bits per heavy atom. The third-order valence-electron chi connectivity index (χ3n) is 3.70. The lowest BCUT2D eigenvalue weighted by atomic mass is 10.1. The maximum Gasteiger partial charge on any atom is 0.341 e. The van der Waals surface area contributed by atoms with E-state index < -0.39 is 18.4 Å². The molecule has 2 rings (SSSR count). The summed E-state index contributed by atoms with van der Waals surface area (Å²) in [6.07, 6.45) is 0.0467. The maximum atomic E-state index is 13.7. The van der Waals surface area contributed by atoms with Crippen LogP contribution in [0.25, 0.3) is 0 Å². The number of rotatable bonds is 8. The van der Waals surface area contributed by atoms with Crippen molar-refractivity contribution in [2.24, 2.45) is 0 Å². The van der Waals surface area contributed by atoms with Crippen molar-refractivity contribution < 1.29 is 28.6 Å². The van der Waals surface area contributed by atoms with Gasteiger partial charge in [-0.05, 0) is 42.3 Å². The SMILES string of the molecule is COc1ccc(CC(=O)NC(C)c2ccc(OCC(=O)O)cc2)cc1F. The number of methoxy groups -OCH3 is 1. The Labute approximate surface area is 150 Å². The number of hydrogen-bond donors (Lipinski definition) is 2. The lowest BCUT2D eigenvalue weighted by molar-refractivity contribution is -0.139. The summed E-state index contributed by atoms with van der Waals surface area (Å²) in [5.74, 6) is -1.24. The summed E-state index contributed by atoms with van der Waals surface area (Å²) >= 11 is 0. The number of aliphatic carboxylic acids is 1. The van der Waals surface area contributed by atoms with Crippen molar-refractivity contribution >= 4 is 11.9 Å². The Balaban J connectivity index is 1.92. The van der Waals surface area contributed by atoms with E-state index in [4.69, 9.17) is 14.6 Å². The zero-order chi connectivity index (χ0) is 19.1. The minimum Gasteiger partial charge on any atom is -0.494 e. The molecule has 6 nitrogen and oxygen atoms in total. The number of nitrogens with one attached hydrogen (secondary N) is 1. The van der Waals surface area contributed by atoms with Crippen molar-refractivity contribution in [3.63, 3.8) is 0 Å². The van der Waals surface area contributed by atoms with E-state index in [0.717, 1.165) is 5.56 Å². The molecule has 2 N–H and O–H groups in total. The highest BCUT2D eigenvalue weighted by molar-refractivity contribution is 5.79. The average Bonchev–Trinajstić information content (AvgIpc) is 2.60. The molecule has 2 aromatic rings. The predicted molar refractivity (Wildman–Crippen MR) is 92.8 cm³/mol. The number of carboxylic acid groups (broad SMARTS) is 1. The van der Waals surface area contributed by atoms with E-state index in [-0.39, 0.29) is 24.1 Å². The lowest BCUT2D eigenvalue weighted by Crippen LogP contribution is -2.28. The van der Waals surface area contributed by atoms with Crippen LogP contribution in [0.15, 0.2) is 42.5 Å². The largest absolute Gasteiger partial charge is 0.494 e. The fourth-order valence-electron chi connectivity index (χ4n) is 2.38. The number of amides is 1. The Morgan fingerprint density at radius 2 is 1.88 bits per heavy atom.